The first-order valence-corrected chi connectivity index (χ1v) is 6.81. The molecule has 116 valence electrons. The Labute approximate surface area is 120 Å². The Morgan fingerprint density at radius 2 is 1.29 bits per heavy atom. The SMILES string of the molecule is CCNC(=O)C1C(C(=O)O)C2C(C(=O)O)C(C(=O)NC)C12. The molecule has 2 fully saturated rings. The Kier molecular flexibility index (Phi) is 3.89. The van der Waals surface area contributed by atoms with Crippen molar-refractivity contribution in [3.8, 4) is 0 Å². The fourth-order valence-corrected chi connectivity index (χ4v) is 3.84. The molecular formula is C13H18N2O6. The van der Waals surface area contributed by atoms with E-state index in [1.807, 2.05) is 0 Å². The first kappa shape index (κ1) is 15.3. The number of carboxylic acids is 2. The third kappa shape index (κ3) is 2.05. The lowest BCUT2D eigenvalue weighted by Crippen LogP contribution is -2.73. The van der Waals surface area contributed by atoms with Gasteiger partial charge >= 0.3 is 11.9 Å². The Bertz CT molecular complexity index is 505. The number of amides is 2. The lowest BCUT2D eigenvalue weighted by molar-refractivity contribution is -0.222. The van der Waals surface area contributed by atoms with Gasteiger partial charge in [-0.25, -0.2) is 0 Å². The molecule has 8 nitrogen and oxygen atoms in total. The van der Waals surface area contributed by atoms with Crippen LogP contribution in [0.25, 0.3) is 0 Å². The first-order valence-electron chi connectivity index (χ1n) is 6.81. The highest BCUT2D eigenvalue weighted by molar-refractivity contribution is 5.94. The molecule has 8 heteroatoms. The van der Waals surface area contributed by atoms with E-state index in [-0.39, 0.29) is 0 Å². The number of carbonyl (C=O) groups is 4. The van der Waals surface area contributed by atoms with Gasteiger partial charge < -0.3 is 20.8 Å². The summed E-state index contributed by atoms with van der Waals surface area (Å²) in [4.78, 5) is 46.5. The van der Waals surface area contributed by atoms with E-state index in [1.165, 1.54) is 7.05 Å². The van der Waals surface area contributed by atoms with Gasteiger partial charge in [-0.3, -0.25) is 19.2 Å². The van der Waals surface area contributed by atoms with Crippen LogP contribution in [0.15, 0.2) is 0 Å². The fraction of sp³-hybridized carbons (Fsp3) is 0.692. The molecule has 0 aromatic rings. The number of nitrogens with one attached hydrogen (secondary N) is 2. The minimum Gasteiger partial charge on any atom is -0.481 e. The van der Waals surface area contributed by atoms with Crippen molar-refractivity contribution in [1.82, 2.24) is 10.6 Å². The van der Waals surface area contributed by atoms with E-state index in [0.29, 0.717) is 6.54 Å². The zero-order valence-corrected chi connectivity index (χ0v) is 11.7. The van der Waals surface area contributed by atoms with Crippen molar-refractivity contribution in [2.75, 3.05) is 13.6 Å². The number of rotatable bonds is 5. The highest BCUT2D eigenvalue weighted by atomic mass is 16.4. The third-order valence-corrected chi connectivity index (χ3v) is 4.65. The number of hydrogen-bond donors (Lipinski definition) is 4. The van der Waals surface area contributed by atoms with Crippen LogP contribution in [0.4, 0.5) is 0 Å². The van der Waals surface area contributed by atoms with Gasteiger partial charge in [-0.1, -0.05) is 0 Å². The van der Waals surface area contributed by atoms with Gasteiger partial charge in [0.1, 0.15) is 0 Å². The predicted octanol–water partition coefficient (Wildman–Crippen LogP) is -1.24. The van der Waals surface area contributed by atoms with Crippen molar-refractivity contribution in [3.05, 3.63) is 0 Å². The maximum absolute atomic E-state index is 12.0. The molecule has 2 aliphatic rings. The van der Waals surface area contributed by atoms with Crippen molar-refractivity contribution in [3.63, 3.8) is 0 Å². The molecular weight excluding hydrogens is 280 g/mol. The minimum absolute atomic E-state index is 0.353. The lowest BCUT2D eigenvalue weighted by Gasteiger charge is -2.63. The summed E-state index contributed by atoms with van der Waals surface area (Å²) >= 11 is 0. The van der Waals surface area contributed by atoms with Gasteiger partial charge in [0, 0.05) is 13.6 Å². The maximum Gasteiger partial charge on any atom is 0.307 e. The largest absolute Gasteiger partial charge is 0.481 e. The van der Waals surface area contributed by atoms with E-state index in [2.05, 4.69) is 10.6 Å². The van der Waals surface area contributed by atoms with Crippen LogP contribution in [0.1, 0.15) is 6.92 Å². The third-order valence-electron chi connectivity index (χ3n) is 4.65. The van der Waals surface area contributed by atoms with Gasteiger partial charge in [0.05, 0.1) is 23.7 Å². The van der Waals surface area contributed by atoms with E-state index in [1.54, 1.807) is 6.92 Å². The normalized spacial score (nSPS) is 36.5. The Balaban J connectivity index is 2.28. The van der Waals surface area contributed by atoms with Gasteiger partial charge in [-0.15, -0.1) is 0 Å². The molecule has 0 aliphatic heterocycles. The second-order valence-electron chi connectivity index (χ2n) is 5.44. The van der Waals surface area contributed by atoms with E-state index >= 15 is 0 Å². The monoisotopic (exact) mass is 298 g/mol. The molecule has 2 saturated carbocycles. The lowest BCUT2D eigenvalue weighted by atomic mass is 9.37. The molecule has 0 bridgehead atoms. The van der Waals surface area contributed by atoms with Crippen LogP contribution < -0.4 is 10.6 Å². The number of fused-ring (bicyclic) bond motifs is 1. The zero-order valence-electron chi connectivity index (χ0n) is 11.7. The summed E-state index contributed by atoms with van der Waals surface area (Å²) < 4.78 is 0. The van der Waals surface area contributed by atoms with Crippen LogP contribution in [-0.2, 0) is 19.2 Å². The van der Waals surface area contributed by atoms with E-state index in [4.69, 9.17) is 0 Å². The van der Waals surface area contributed by atoms with Crippen molar-refractivity contribution >= 4 is 23.8 Å². The zero-order chi connectivity index (χ0) is 15.9. The number of hydrogen-bond acceptors (Lipinski definition) is 4. The number of carboxylic acid groups (broad SMARTS) is 2. The molecule has 4 N–H and O–H groups in total. The average molecular weight is 298 g/mol. The second-order valence-corrected chi connectivity index (χ2v) is 5.44. The van der Waals surface area contributed by atoms with Gasteiger partial charge in [-0.05, 0) is 18.8 Å². The van der Waals surface area contributed by atoms with Gasteiger partial charge in [0.25, 0.3) is 0 Å². The minimum atomic E-state index is -1.19. The van der Waals surface area contributed by atoms with Crippen LogP contribution in [0.2, 0.25) is 0 Å². The van der Waals surface area contributed by atoms with Crippen LogP contribution >= 0.6 is 0 Å². The smallest absolute Gasteiger partial charge is 0.307 e. The van der Waals surface area contributed by atoms with E-state index < -0.39 is 59.3 Å². The molecule has 6 unspecified atom stereocenters. The van der Waals surface area contributed by atoms with Crippen molar-refractivity contribution < 1.29 is 29.4 Å². The van der Waals surface area contributed by atoms with Crippen molar-refractivity contribution in [1.29, 1.82) is 0 Å². The highest BCUT2D eigenvalue weighted by Crippen LogP contribution is 2.65. The van der Waals surface area contributed by atoms with Gasteiger partial charge in [0.2, 0.25) is 11.8 Å². The summed E-state index contributed by atoms with van der Waals surface area (Å²) in [6.07, 6.45) is 0. The molecule has 0 saturated heterocycles. The molecule has 0 aromatic heterocycles. The molecule has 0 spiro atoms. The molecule has 0 heterocycles. The average Bonchev–Trinajstić information content (AvgIpc) is 2.37. The van der Waals surface area contributed by atoms with Gasteiger partial charge in [-0.2, -0.15) is 0 Å². The summed E-state index contributed by atoms with van der Waals surface area (Å²) in [6.45, 7) is 2.06. The summed E-state index contributed by atoms with van der Waals surface area (Å²) in [5.41, 5.74) is 0. The van der Waals surface area contributed by atoms with E-state index in [9.17, 15) is 29.4 Å². The Morgan fingerprint density at radius 1 is 0.857 bits per heavy atom. The molecule has 2 rings (SSSR count). The summed E-state index contributed by atoms with van der Waals surface area (Å²) in [7, 11) is 1.39. The standard InChI is InChI=1S/C13H18N2O6/c1-3-15-11(17)7-4-5(9(7)13(20)21)8(12(18)19)6(4)10(16)14-2/h4-9H,3H2,1-2H3,(H,14,16)(H,15,17)(H,18,19)(H,20,21). The van der Waals surface area contributed by atoms with Crippen molar-refractivity contribution in [2.24, 2.45) is 35.5 Å². The number of carbonyl (C=O) groups excluding carboxylic acids is 2. The Hall–Kier alpha value is -2.12. The quantitative estimate of drug-likeness (QED) is 0.502. The number of aliphatic carboxylic acids is 2. The molecule has 21 heavy (non-hydrogen) atoms. The highest BCUT2D eigenvalue weighted by Gasteiger charge is 2.74. The van der Waals surface area contributed by atoms with E-state index in [0.717, 1.165) is 0 Å². The van der Waals surface area contributed by atoms with Gasteiger partial charge in [0.15, 0.2) is 0 Å². The van der Waals surface area contributed by atoms with Crippen LogP contribution in [0.5, 0.6) is 0 Å². The van der Waals surface area contributed by atoms with Crippen LogP contribution in [-0.4, -0.2) is 47.6 Å². The van der Waals surface area contributed by atoms with Crippen molar-refractivity contribution in [2.45, 2.75) is 6.92 Å². The fourth-order valence-electron chi connectivity index (χ4n) is 3.84. The molecule has 0 aromatic carbocycles. The Morgan fingerprint density at radius 3 is 1.67 bits per heavy atom. The summed E-state index contributed by atoms with van der Waals surface area (Å²) in [5.74, 6) is -8.20. The predicted molar refractivity (Wildman–Crippen MR) is 69.0 cm³/mol. The summed E-state index contributed by atoms with van der Waals surface area (Å²) in [5, 5.41) is 23.4. The summed E-state index contributed by atoms with van der Waals surface area (Å²) in [6, 6.07) is 0. The molecule has 6 atom stereocenters. The van der Waals surface area contributed by atoms with Crippen LogP contribution in [0, 0.1) is 35.5 Å². The second kappa shape index (κ2) is 5.34. The molecule has 2 amide bonds. The molecule has 0 radical (unpaired) electrons. The topological polar surface area (TPSA) is 133 Å². The molecule has 2 aliphatic carbocycles. The first-order chi connectivity index (χ1) is 9.86. The van der Waals surface area contributed by atoms with Crippen LogP contribution in [0.3, 0.4) is 0 Å². The maximum atomic E-state index is 12.0.